The summed E-state index contributed by atoms with van der Waals surface area (Å²) in [5.41, 5.74) is 5.53. The first kappa shape index (κ1) is 12.3. The third-order valence-electron chi connectivity index (χ3n) is 2.47. The minimum Gasteiger partial charge on any atom is -0.468 e. The Labute approximate surface area is 92.2 Å². The predicted octanol–water partition coefficient (Wildman–Crippen LogP) is 2.23. The molecule has 0 aromatic carbocycles. The maximum absolute atomic E-state index is 5.53. The molecule has 15 heavy (non-hydrogen) atoms. The van der Waals surface area contributed by atoms with Crippen molar-refractivity contribution in [3.8, 4) is 0 Å². The van der Waals surface area contributed by atoms with Crippen molar-refractivity contribution >= 4 is 0 Å². The molecular formula is C12H22N2O. The molecule has 0 spiro atoms. The van der Waals surface area contributed by atoms with Gasteiger partial charge in [-0.25, -0.2) is 0 Å². The molecule has 0 atom stereocenters. The van der Waals surface area contributed by atoms with Gasteiger partial charge in [-0.3, -0.25) is 4.90 Å². The van der Waals surface area contributed by atoms with Gasteiger partial charge in [-0.15, -0.1) is 0 Å². The van der Waals surface area contributed by atoms with E-state index < -0.39 is 0 Å². The highest BCUT2D eigenvalue weighted by molar-refractivity contribution is 4.97. The maximum Gasteiger partial charge on any atom is 0.117 e. The summed E-state index contributed by atoms with van der Waals surface area (Å²) >= 11 is 0. The Morgan fingerprint density at radius 1 is 1.33 bits per heavy atom. The van der Waals surface area contributed by atoms with Crippen molar-refractivity contribution in [3.05, 3.63) is 24.2 Å². The first-order chi connectivity index (χ1) is 7.36. The van der Waals surface area contributed by atoms with Gasteiger partial charge in [-0.05, 0) is 44.6 Å². The third kappa shape index (κ3) is 5.00. The molecule has 0 radical (unpaired) electrons. The summed E-state index contributed by atoms with van der Waals surface area (Å²) in [5.74, 6) is 1.04. The summed E-state index contributed by atoms with van der Waals surface area (Å²) in [6, 6.07) is 3.97. The monoisotopic (exact) mass is 210 g/mol. The molecule has 2 N–H and O–H groups in total. The fourth-order valence-electron chi connectivity index (χ4n) is 1.59. The van der Waals surface area contributed by atoms with Crippen LogP contribution in [0.15, 0.2) is 22.8 Å². The SMILES string of the molecule is CCCCN(CCCN)Cc1ccco1. The van der Waals surface area contributed by atoms with E-state index in [2.05, 4.69) is 11.8 Å². The summed E-state index contributed by atoms with van der Waals surface area (Å²) in [5, 5.41) is 0. The number of hydrogen-bond donors (Lipinski definition) is 1. The largest absolute Gasteiger partial charge is 0.468 e. The first-order valence-electron chi connectivity index (χ1n) is 5.81. The zero-order valence-electron chi connectivity index (χ0n) is 9.61. The van der Waals surface area contributed by atoms with Gasteiger partial charge in [0.25, 0.3) is 0 Å². The molecule has 1 rings (SSSR count). The first-order valence-corrected chi connectivity index (χ1v) is 5.81. The van der Waals surface area contributed by atoms with Crippen molar-refractivity contribution in [1.29, 1.82) is 0 Å². The summed E-state index contributed by atoms with van der Waals surface area (Å²) in [4.78, 5) is 2.41. The van der Waals surface area contributed by atoms with Crippen molar-refractivity contribution < 1.29 is 4.42 Å². The number of hydrogen-bond acceptors (Lipinski definition) is 3. The Hall–Kier alpha value is -0.800. The van der Waals surface area contributed by atoms with E-state index in [1.165, 1.54) is 12.8 Å². The van der Waals surface area contributed by atoms with Crippen LogP contribution in [0, 0.1) is 0 Å². The van der Waals surface area contributed by atoms with Gasteiger partial charge < -0.3 is 10.2 Å². The molecule has 0 aliphatic carbocycles. The lowest BCUT2D eigenvalue weighted by Crippen LogP contribution is -2.26. The van der Waals surface area contributed by atoms with Crippen LogP contribution >= 0.6 is 0 Å². The standard InChI is InChI=1S/C12H22N2O/c1-2-3-8-14(9-5-7-13)11-12-6-4-10-15-12/h4,6,10H,2-3,5,7-9,11,13H2,1H3. The van der Waals surface area contributed by atoms with Crippen LogP contribution < -0.4 is 5.73 Å². The highest BCUT2D eigenvalue weighted by Crippen LogP contribution is 2.07. The van der Waals surface area contributed by atoms with Crippen molar-refractivity contribution in [3.63, 3.8) is 0 Å². The van der Waals surface area contributed by atoms with Crippen LogP contribution in [0.5, 0.6) is 0 Å². The maximum atomic E-state index is 5.53. The summed E-state index contributed by atoms with van der Waals surface area (Å²) in [6.07, 6.45) is 5.27. The zero-order valence-corrected chi connectivity index (χ0v) is 9.61. The molecule has 1 aromatic rings. The molecule has 0 aliphatic rings. The van der Waals surface area contributed by atoms with E-state index in [1.54, 1.807) is 6.26 Å². The van der Waals surface area contributed by atoms with Crippen molar-refractivity contribution in [1.82, 2.24) is 4.90 Å². The van der Waals surface area contributed by atoms with Crippen LogP contribution in [0.3, 0.4) is 0 Å². The molecule has 1 aromatic heterocycles. The minimum atomic E-state index is 0.765. The number of nitrogens with two attached hydrogens (primary N) is 1. The molecule has 3 heteroatoms. The Morgan fingerprint density at radius 3 is 2.73 bits per heavy atom. The quantitative estimate of drug-likeness (QED) is 0.715. The van der Waals surface area contributed by atoms with Crippen LogP contribution in [0.4, 0.5) is 0 Å². The Kier molecular flexibility index (Phi) is 6.12. The third-order valence-corrected chi connectivity index (χ3v) is 2.47. The Morgan fingerprint density at radius 2 is 2.13 bits per heavy atom. The van der Waals surface area contributed by atoms with Gasteiger partial charge in [-0.2, -0.15) is 0 Å². The lowest BCUT2D eigenvalue weighted by atomic mass is 10.2. The van der Waals surface area contributed by atoms with Gasteiger partial charge in [0.05, 0.1) is 12.8 Å². The van der Waals surface area contributed by atoms with Gasteiger partial charge in [0.2, 0.25) is 0 Å². The zero-order chi connectivity index (χ0) is 10.9. The topological polar surface area (TPSA) is 42.4 Å². The number of nitrogens with zero attached hydrogens (tertiary/aromatic N) is 1. The molecular weight excluding hydrogens is 188 g/mol. The van der Waals surface area contributed by atoms with E-state index in [1.807, 2.05) is 12.1 Å². The highest BCUT2D eigenvalue weighted by atomic mass is 16.3. The normalized spacial score (nSPS) is 11.1. The summed E-state index contributed by atoms with van der Waals surface area (Å²) in [7, 11) is 0. The van der Waals surface area contributed by atoms with E-state index in [-0.39, 0.29) is 0 Å². The molecule has 0 fully saturated rings. The van der Waals surface area contributed by atoms with Gasteiger partial charge in [0.1, 0.15) is 5.76 Å². The van der Waals surface area contributed by atoms with Gasteiger partial charge in [0, 0.05) is 0 Å². The molecule has 0 amide bonds. The van der Waals surface area contributed by atoms with E-state index in [0.29, 0.717) is 0 Å². The highest BCUT2D eigenvalue weighted by Gasteiger charge is 2.06. The second-order valence-corrected chi connectivity index (χ2v) is 3.85. The second kappa shape index (κ2) is 7.49. The minimum absolute atomic E-state index is 0.765. The molecule has 0 unspecified atom stereocenters. The lowest BCUT2D eigenvalue weighted by molar-refractivity contribution is 0.239. The lowest BCUT2D eigenvalue weighted by Gasteiger charge is -2.20. The summed E-state index contributed by atoms with van der Waals surface area (Å²) in [6.45, 7) is 6.09. The molecule has 3 nitrogen and oxygen atoms in total. The van der Waals surface area contributed by atoms with Crippen LogP contribution in [0.2, 0.25) is 0 Å². The average Bonchev–Trinajstić information content (AvgIpc) is 2.74. The predicted molar refractivity (Wildman–Crippen MR) is 62.6 cm³/mol. The number of unbranched alkanes of at least 4 members (excludes halogenated alkanes) is 1. The van der Waals surface area contributed by atoms with Crippen molar-refractivity contribution in [2.75, 3.05) is 19.6 Å². The molecule has 0 bridgehead atoms. The Bertz CT molecular complexity index is 226. The van der Waals surface area contributed by atoms with E-state index >= 15 is 0 Å². The molecule has 0 saturated heterocycles. The van der Waals surface area contributed by atoms with Crippen LogP contribution in [0.1, 0.15) is 31.9 Å². The molecule has 86 valence electrons. The van der Waals surface area contributed by atoms with Crippen LogP contribution in [-0.4, -0.2) is 24.5 Å². The average molecular weight is 210 g/mol. The molecule has 0 saturated carbocycles. The van der Waals surface area contributed by atoms with E-state index in [0.717, 1.165) is 38.4 Å². The van der Waals surface area contributed by atoms with Crippen LogP contribution in [-0.2, 0) is 6.54 Å². The fraction of sp³-hybridized carbons (Fsp3) is 0.667. The van der Waals surface area contributed by atoms with E-state index in [9.17, 15) is 0 Å². The van der Waals surface area contributed by atoms with Gasteiger partial charge in [-0.1, -0.05) is 13.3 Å². The van der Waals surface area contributed by atoms with Gasteiger partial charge >= 0.3 is 0 Å². The van der Waals surface area contributed by atoms with Crippen molar-refractivity contribution in [2.45, 2.75) is 32.7 Å². The second-order valence-electron chi connectivity index (χ2n) is 3.85. The summed E-state index contributed by atoms with van der Waals surface area (Å²) < 4.78 is 5.35. The van der Waals surface area contributed by atoms with E-state index in [4.69, 9.17) is 10.2 Å². The molecule has 1 heterocycles. The molecule has 0 aliphatic heterocycles. The van der Waals surface area contributed by atoms with Crippen LogP contribution in [0.25, 0.3) is 0 Å². The smallest absolute Gasteiger partial charge is 0.117 e. The Balaban J connectivity index is 2.33. The number of rotatable bonds is 8. The van der Waals surface area contributed by atoms with Gasteiger partial charge in [0.15, 0.2) is 0 Å². The fourth-order valence-corrected chi connectivity index (χ4v) is 1.59. The number of furan rings is 1. The van der Waals surface area contributed by atoms with Crippen molar-refractivity contribution in [2.24, 2.45) is 5.73 Å².